The number of benzene rings is 1. The summed E-state index contributed by atoms with van der Waals surface area (Å²) in [6, 6.07) is 7.40. The van der Waals surface area contributed by atoms with E-state index in [0.29, 0.717) is 5.56 Å². The molecule has 2 rings (SSSR count). The van der Waals surface area contributed by atoms with Crippen molar-refractivity contribution in [1.29, 1.82) is 0 Å². The molecule has 3 nitrogen and oxygen atoms in total. The smallest absolute Gasteiger partial charge is 0.336 e. The number of hydrogen-bond donors (Lipinski definition) is 1. The van der Waals surface area contributed by atoms with Gasteiger partial charge in [-0.2, -0.15) is 11.8 Å². The normalized spacial score (nSPS) is 10.9. The van der Waals surface area contributed by atoms with Gasteiger partial charge < -0.3 is 9.67 Å². The van der Waals surface area contributed by atoms with Crippen molar-refractivity contribution in [1.82, 2.24) is 4.57 Å². The molecule has 4 heteroatoms. The fourth-order valence-corrected chi connectivity index (χ4v) is 2.64. The van der Waals surface area contributed by atoms with Gasteiger partial charge in [0.05, 0.1) is 5.56 Å². The predicted octanol–water partition coefficient (Wildman–Crippen LogP) is 3.13. The molecule has 2 aromatic rings. The quantitative estimate of drug-likeness (QED) is 0.905. The van der Waals surface area contributed by atoms with Gasteiger partial charge in [0, 0.05) is 29.4 Å². The van der Waals surface area contributed by atoms with Crippen molar-refractivity contribution in [2.75, 3.05) is 5.75 Å². The summed E-state index contributed by atoms with van der Waals surface area (Å²) in [5.74, 6) is 1.12. The molecule has 0 fully saturated rings. The van der Waals surface area contributed by atoms with E-state index in [9.17, 15) is 4.79 Å². The lowest BCUT2D eigenvalue weighted by molar-refractivity contribution is 0.0699. The number of nitrogens with zero attached hydrogens (tertiary/aromatic N) is 1. The predicted molar refractivity (Wildman–Crippen MR) is 71.7 cm³/mol. The van der Waals surface area contributed by atoms with Crippen LogP contribution in [0, 0.1) is 0 Å². The summed E-state index contributed by atoms with van der Waals surface area (Å²) in [5, 5.41) is 9.97. The summed E-state index contributed by atoms with van der Waals surface area (Å²) in [7, 11) is 1.99. The van der Waals surface area contributed by atoms with Gasteiger partial charge in [0.2, 0.25) is 0 Å². The summed E-state index contributed by atoms with van der Waals surface area (Å²) in [5.41, 5.74) is 2.53. The van der Waals surface area contributed by atoms with Crippen molar-refractivity contribution in [3.05, 3.63) is 35.5 Å². The number of thioether (sulfide) groups is 1. The zero-order chi connectivity index (χ0) is 12.4. The number of carbonyl (C=O) groups is 1. The van der Waals surface area contributed by atoms with Crippen LogP contribution < -0.4 is 0 Å². The SMILES string of the molecule is CCSCc1cc2c(C(=O)O)cccc2n1C. The molecule has 0 bridgehead atoms. The topological polar surface area (TPSA) is 42.2 Å². The Hall–Kier alpha value is -1.42. The maximum Gasteiger partial charge on any atom is 0.336 e. The Morgan fingerprint density at radius 3 is 2.88 bits per heavy atom. The maximum atomic E-state index is 11.1. The minimum absolute atomic E-state index is 0.380. The van der Waals surface area contributed by atoms with E-state index in [0.717, 1.165) is 22.4 Å². The van der Waals surface area contributed by atoms with Crippen LogP contribution in [0.5, 0.6) is 0 Å². The van der Waals surface area contributed by atoms with Crippen LogP contribution in [0.25, 0.3) is 10.9 Å². The zero-order valence-electron chi connectivity index (χ0n) is 9.93. The van der Waals surface area contributed by atoms with E-state index in [2.05, 4.69) is 11.5 Å². The lowest BCUT2D eigenvalue weighted by Gasteiger charge is -2.02. The lowest BCUT2D eigenvalue weighted by atomic mass is 10.1. The second-order valence-electron chi connectivity index (χ2n) is 3.88. The van der Waals surface area contributed by atoms with Crippen LogP contribution in [0.1, 0.15) is 23.0 Å². The van der Waals surface area contributed by atoms with Gasteiger partial charge in [-0.25, -0.2) is 4.79 Å². The third-order valence-electron chi connectivity index (χ3n) is 2.87. The van der Waals surface area contributed by atoms with E-state index < -0.39 is 5.97 Å². The third kappa shape index (κ3) is 2.17. The molecule has 0 amide bonds. The van der Waals surface area contributed by atoms with E-state index in [1.165, 1.54) is 5.69 Å². The average Bonchev–Trinajstić information content (AvgIpc) is 2.63. The zero-order valence-corrected chi connectivity index (χ0v) is 10.8. The highest BCUT2D eigenvalue weighted by Crippen LogP contribution is 2.25. The molecule has 0 aliphatic rings. The Kier molecular flexibility index (Phi) is 3.43. The summed E-state index contributed by atoms with van der Waals surface area (Å²) in [6.45, 7) is 2.12. The van der Waals surface area contributed by atoms with Crippen LogP contribution in [0.4, 0.5) is 0 Å². The first-order chi connectivity index (χ1) is 8.15. The average molecular weight is 249 g/mol. The second kappa shape index (κ2) is 4.84. The van der Waals surface area contributed by atoms with Gasteiger partial charge in [-0.05, 0) is 24.0 Å². The van der Waals surface area contributed by atoms with E-state index in [1.807, 2.05) is 30.9 Å². The molecule has 0 unspecified atom stereocenters. The van der Waals surface area contributed by atoms with Crippen molar-refractivity contribution in [3.63, 3.8) is 0 Å². The van der Waals surface area contributed by atoms with Crippen LogP contribution in [-0.4, -0.2) is 21.4 Å². The second-order valence-corrected chi connectivity index (χ2v) is 5.15. The van der Waals surface area contributed by atoms with Crippen LogP contribution in [0.2, 0.25) is 0 Å². The van der Waals surface area contributed by atoms with Gasteiger partial charge in [0.25, 0.3) is 0 Å². The minimum atomic E-state index is -0.865. The number of aromatic nitrogens is 1. The number of rotatable bonds is 4. The number of carboxylic acids is 1. The highest BCUT2D eigenvalue weighted by atomic mass is 32.2. The van der Waals surface area contributed by atoms with E-state index in [1.54, 1.807) is 12.1 Å². The van der Waals surface area contributed by atoms with E-state index in [-0.39, 0.29) is 0 Å². The first-order valence-corrected chi connectivity index (χ1v) is 6.69. The van der Waals surface area contributed by atoms with Gasteiger partial charge in [0.1, 0.15) is 0 Å². The van der Waals surface area contributed by atoms with Gasteiger partial charge in [0.15, 0.2) is 0 Å². The Bertz CT molecular complexity index is 560. The van der Waals surface area contributed by atoms with Crippen LogP contribution in [0.15, 0.2) is 24.3 Å². The first kappa shape index (κ1) is 12.0. The Balaban J connectivity index is 2.56. The van der Waals surface area contributed by atoms with E-state index in [4.69, 9.17) is 5.11 Å². The number of carboxylic acid groups (broad SMARTS) is 1. The molecule has 90 valence electrons. The summed E-state index contributed by atoms with van der Waals surface area (Å²) in [4.78, 5) is 11.1. The van der Waals surface area contributed by atoms with Gasteiger partial charge in [-0.15, -0.1) is 0 Å². The van der Waals surface area contributed by atoms with Crippen molar-refractivity contribution in [3.8, 4) is 0 Å². The number of aryl methyl sites for hydroxylation is 1. The van der Waals surface area contributed by atoms with Gasteiger partial charge >= 0.3 is 5.97 Å². The fourth-order valence-electron chi connectivity index (χ4n) is 1.95. The molecule has 0 aliphatic heterocycles. The fraction of sp³-hybridized carbons (Fsp3) is 0.308. The van der Waals surface area contributed by atoms with Crippen molar-refractivity contribution in [2.24, 2.45) is 7.05 Å². The maximum absolute atomic E-state index is 11.1. The summed E-state index contributed by atoms with van der Waals surface area (Å²) >= 11 is 1.84. The highest BCUT2D eigenvalue weighted by molar-refractivity contribution is 7.98. The summed E-state index contributed by atoms with van der Waals surface area (Å²) in [6.07, 6.45) is 0. The monoisotopic (exact) mass is 249 g/mol. The highest BCUT2D eigenvalue weighted by Gasteiger charge is 2.12. The lowest BCUT2D eigenvalue weighted by Crippen LogP contribution is -1.97. The molecule has 0 saturated heterocycles. The van der Waals surface area contributed by atoms with Crippen molar-refractivity contribution >= 4 is 28.6 Å². The van der Waals surface area contributed by atoms with Crippen LogP contribution >= 0.6 is 11.8 Å². The number of fused-ring (bicyclic) bond motifs is 1. The van der Waals surface area contributed by atoms with Crippen molar-refractivity contribution < 1.29 is 9.90 Å². The number of aromatic carboxylic acids is 1. The molecular weight excluding hydrogens is 234 g/mol. The van der Waals surface area contributed by atoms with Gasteiger partial charge in [-0.1, -0.05) is 13.0 Å². The van der Waals surface area contributed by atoms with E-state index >= 15 is 0 Å². The Morgan fingerprint density at radius 2 is 2.24 bits per heavy atom. The molecule has 17 heavy (non-hydrogen) atoms. The molecule has 0 saturated carbocycles. The Labute approximate surface area is 104 Å². The molecule has 0 radical (unpaired) electrons. The van der Waals surface area contributed by atoms with Crippen molar-refractivity contribution in [2.45, 2.75) is 12.7 Å². The first-order valence-electron chi connectivity index (χ1n) is 5.53. The Morgan fingerprint density at radius 1 is 1.47 bits per heavy atom. The largest absolute Gasteiger partial charge is 0.478 e. The van der Waals surface area contributed by atoms with Gasteiger partial charge in [-0.3, -0.25) is 0 Å². The summed E-state index contributed by atoms with van der Waals surface area (Å²) < 4.78 is 2.07. The molecule has 1 aromatic carbocycles. The number of hydrogen-bond acceptors (Lipinski definition) is 2. The van der Waals surface area contributed by atoms with Crippen LogP contribution in [-0.2, 0) is 12.8 Å². The molecule has 0 spiro atoms. The molecular formula is C13H15NO2S. The third-order valence-corrected chi connectivity index (χ3v) is 3.78. The van der Waals surface area contributed by atoms with Crippen LogP contribution in [0.3, 0.4) is 0 Å². The standard InChI is InChI=1S/C13H15NO2S/c1-3-17-8-9-7-11-10(13(15)16)5-4-6-12(11)14(9)2/h4-7H,3,8H2,1-2H3,(H,15,16). The molecule has 1 N–H and O–H groups in total. The molecule has 0 atom stereocenters. The molecule has 1 aromatic heterocycles. The molecule has 1 heterocycles. The molecule has 0 aliphatic carbocycles. The minimum Gasteiger partial charge on any atom is -0.478 e.